The van der Waals surface area contributed by atoms with Crippen LogP contribution in [0, 0.1) is 0 Å². The SMILES string of the molecule is COc1ccc(OC)c(/C=C/C(=O)NC2CCNC2)c1. The summed E-state index contributed by atoms with van der Waals surface area (Å²) in [6, 6.07) is 5.69. The normalized spacial score (nSPS) is 18.2. The Bertz CT molecular complexity index is 494. The van der Waals surface area contributed by atoms with Crippen LogP contribution in [0.25, 0.3) is 6.08 Å². The third kappa shape index (κ3) is 3.74. The van der Waals surface area contributed by atoms with Crippen molar-refractivity contribution in [2.45, 2.75) is 12.5 Å². The predicted molar refractivity (Wildman–Crippen MR) is 78.0 cm³/mol. The molecular formula is C15H20N2O3. The molecule has 1 heterocycles. The van der Waals surface area contributed by atoms with Crippen molar-refractivity contribution in [1.29, 1.82) is 0 Å². The average Bonchev–Trinajstić information content (AvgIpc) is 2.97. The minimum absolute atomic E-state index is 0.0939. The number of benzene rings is 1. The van der Waals surface area contributed by atoms with Gasteiger partial charge in [-0.05, 0) is 37.2 Å². The first-order valence-electron chi connectivity index (χ1n) is 6.64. The Balaban J connectivity index is 2.03. The summed E-state index contributed by atoms with van der Waals surface area (Å²) in [6.45, 7) is 1.79. The van der Waals surface area contributed by atoms with Gasteiger partial charge in [-0.15, -0.1) is 0 Å². The molecule has 0 saturated carbocycles. The smallest absolute Gasteiger partial charge is 0.244 e. The Morgan fingerprint density at radius 1 is 1.40 bits per heavy atom. The van der Waals surface area contributed by atoms with Crippen molar-refractivity contribution in [3.05, 3.63) is 29.8 Å². The molecule has 2 N–H and O–H groups in total. The van der Waals surface area contributed by atoms with Crippen LogP contribution in [-0.2, 0) is 4.79 Å². The van der Waals surface area contributed by atoms with Gasteiger partial charge >= 0.3 is 0 Å². The molecule has 1 unspecified atom stereocenters. The molecule has 0 spiro atoms. The molecule has 2 rings (SSSR count). The summed E-state index contributed by atoms with van der Waals surface area (Å²) in [7, 11) is 3.21. The van der Waals surface area contributed by atoms with E-state index in [1.54, 1.807) is 20.3 Å². The molecule has 20 heavy (non-hydrogen) atoms. The van der Waals surface area contributed by atoms with Crippen molar-refractivity contribution in [1.82, 2.24) is 10.6 Å². The number of amides is 1. The average molecular weight is 276 g/mol. The Hall–Kier alpha value is -2.01. The van der Waals surface area contributed by atoms with Crippen LogP contribution >= 0.6 is 0 Å². The van der Waals surface area contributed by atoms with Crippen molar-refractivity contribution in [2.24, 2.45) is 0 Å². The number of nitrogens with one attached hydrogen (secondary N) is 2. The fourth-order valence-corrected chi connectivity index (χ4v) is 2.16. The number of hydrogen-bond donors (Lipinski definition) is 2. The van der Waals surface area contributed by atoms with Crippen molar-refractivity contribution >= 4 is 12.0 Å². The fourth-order valence-electron chi connectivity index (χ4n) is 2.16. The number of carbonyl (C=O) groups is 1. The minimum atomic E-state index is -0.0939. The van der Waals surface area contributed by atoms with Gasteiger partial charge in [0, 0.05) is 24.2 Å². The highest BCUT2D eigenvalue weighted by Crippen LogP contribution is 2.24. The minimum Gasteiger partial charge on any atom is -0.497 e. The van der Waals surface area contributed by atoms with Crippen LogP contribution in [0.1, 0.15) is 12.0 Å². The molecule has 1 aliphatic rings. The highest BCUT2D eigenvalue weighted by atomic mass is 16.5. The third-order valence-corrected chi connectivity index (χ3v) is 3.26. The summed E-state index contributed by atoms with van der Waals surface area (Å²) < 4.78 is 10.4. The topological polar surface area (TPSA) is 59.6 Å². The number of methoxy groups -OCH3 is 2. The summed E-state index contributed by atoms with van der Waals surface area (Å²) in [6.07, 6.45) is 4.23. The largest absolute Gasteiger partial charge is 0.497 e. The summed E-state index contributed by atoms with van der Waals surface area (Å²) in [5, 5.41) is 6.16. The summed E-state index contributed by atoms with van der Waals surface area (Å²) in [5.74, 6) is 1.34. The molecule has 0 bridgehead atoms. The van der Waals surface area contributed by atoms with Gasteiger partial charge in [-0.2, -0.15) is 0 Å². The zero-order valence-electron chi connectivity index (χ0n) is 11.8. The second kappa shape index (κ2) is 6.96. The second-order valence-corrected chi connectivity index (χ2v) is 4.64. The third-order valence-electron chi connectivity index (χ3n) is 3.26. The maximum absolute atomic E-state index is 11.8. The van der Waals surface area contributed by atoms with E-state index in [1.807, 2.05) is 18.2 Å². The van der Waals surface area contributed by atoms with Gasteiger partial charge in [-0.25, -0.2) is 0 Å². The summed E-state index contributed by atoms with van der Waals surface area (Å²) in [5.41, 5.74) is 0.812. The highest BCUT2D eigenvalue weighted by Gasteiger charge is 2.15. The molecule has 5 heteroatoms. The lowest BCUT2D eigenvalue weighted by molar-refractivity contribution is -0.117. The monoisotopic (exact) mass is 276 g/mol. The molecule has 1 atom stereocenters. The number of hydrogen-bond acceptors (Lipinski definition) is 4. The van der Waals surface area contributed by atoms with Crippen LogP contribution in [0.3, 0.4) is 0 Å². The Kier molecular flexibility index (Phi) is 5.01. The molecule has 1 fully saturated rings. The molecule has 0 aromatic heterocycles. The van der Waals surface area contributed by atoms with Gasteiger partial charge in [0.2, 0.25) is 5.91 Å². The number of carbonyl (C=O) groups excluding carboxylic acids is 1. The van der Waals surface area contributed by atoms with Gasteiger partial charge in [0.15, 0.2) is 0 Å². The van der Waals surface area contributed by atoms with E-state index in [9.17, 15) is 4.79 Å². The molecular weight excluding hydrogens is 256 g/mol. The van der Waals surface area contributed by atoms with E-state index in [-0.39, 0.29) is 11.9 Å². The fraction of sp³-hybridized carbons (Fsp3) is 0.400. The Labute approximate surface area is 119 Å². The van der Waals surface area contributed by atoms with Crippen LogP contribution < -0.4 is 20.1 Å². The second-order valence-electron chi connectivity index (χ2n) is 4.64. The van der Waals surface area contributed by atoms with Crippen LogP contribution in [0.4, 0.5) is 0 Å². The zero-order valence-corrected chi connectivity index (χ0v) is 11.8. The van der Waals surface area contributed by atoms with E-state index in [0.29, 0.717) is 5.75 Å². The molecule has 5 nitrogen and oxygen atoms in total. The van der Waals surface area contributed by atoms with E-state index < -0.39 is 0 Å². The maximum Gasteiger partial charge on any atom is 0.244 e. The lowest BCUT2D eigenvalue weighted by Crippen LogP contribution is -2.34. The number of rotatable bonds is 5. The molecule has 1 amide bonds. The van der Waals surface area contributed by atoms with E-state index in [2.05, 4.69) is 10.6 Å². The first kappa shape index (κ1) is 14.4. The van der Waals surface area contributed by atoms with Crippen molar-refractivity contribution in [3.63, 3.8) is 0 Å². The quantitative estimate of drug-likeness (QED) is 0.793. The first-order chi connectivity index (χ1) is 9.72. The van der Waals surface area contributed by atoms with Crippen molar-refractivity contribution in [3.8, 4) is 11.5 Å². The van der Waals surface area contributed by atoms with Crippen LogP contribution in [0.2, 0.25) is 0 Å². The van der Waals surface area contributed by atoms with Gasteiger partial charge in [-0.1, -0.05) is 0 Å². The van der Waals surface area contributed by atoms with Gasteiger partial charge in [0.1, 0.15) is 11.5 Å². The Morgan fingerprint density at radius 2 is 2.25 bits per heavy atom. The zero-order chi connectivity index (χ0) is 14.4. The van der Waals surface area contributed by atoms with E-state index in [0.717, 1.165) is 30.8 Å². The van der Waals surface area contributed by atoms with Crippen molar-refractivity contribution < 1.29 is 14.3 Å². The van der Waals surface area contributed by atoms with Crippen LogP contribution in [0.15, 0.2) is 24.3 Å². The van der Waals surface area contributed by atoms with Gasteiger partial charge in [0.25, 0.3) is 0 Å². The van der Waals surface area contributed by atoms with Crippen LogP contribution in [-0.4, -0.2) is 39.3 Å². The van der Waals surface area contributed by atoms with E-state index in [1.165, 1.54) is 6.08 Å². The maximum atomic E-state index is 11.8. The molecule has 1 aliphatic heterocycles. The Morgan fingerprint density at radius 3 is 2.90 bits per heavy atom. The first-order valence-corrected chi connectivity index (χ1v) is 6.64. The predicted octanol–water partition coefficient (Wildman–Crippen LogP) is 1.20. The van der Waals surface area contributed by atoms with Gasteiger partial charge in [-0.3, -0.25) is 4.79 Å². The molecule has 0 aliphatic carbocycles. The number of ether oxygens (including phenoxy) is 2. The van der Waals surface area contributed by atoms with E-state index in [4.69, 9.17) is 9.47 Å². The van der Waals surface area contributed by atoms with Crippen LogP contribution in [0.5, 0.6) is 11.5 Å². The van der Waals surface area contributed by atoms with Crippen molar-refractivity contribution in [2.75, 3.05) is 27.3 Å². The molecule has 1 aromatic rings. The molecule has 108 valence electrons. The van der Waals surface area contributed by atoms with Gasteiger partial charge in [0.05, 0.1) is 14.2 Å². The van der Waals surface area contributed by atoms with Gasteiger partial charge < -0.3 is 20.1 Å². The molecule has 0 radical (unpaired) electrons. The standard InChI is InChI=1S/C15H20N2O3/c1-19-13-4-5-14(20-2)11(9-13)3-6-15(18)17-12-7-8-16-10-12/h3-6,9,12,16H,7-8,10H2,1-2H3,(H,17,18)/b6-3+. The molecule has 1 aromatic carbocycles. The molecule has 1 saturated heterocycles. The lowest BCUT2D eigenvalue weighted by atomic mass is 10.1. The summed E-state index contributed by atoms with van der Waals surface area (Å²) >= 11 is 0. The van der Waals surface area contributed by atoms with E-state index >= 15 is 0 Å². The highest BCUT2D eigenvalue weighted by molar-refractivity contribution is 5.92. The summed E-state index contributed by atoms with van der Waals surface area (Å²) in [4.78, 5) is 11.8. The lowest BCUT2D eigenvalue weighted by Gasteiger charge is -2.09.